The average molecular weight is 326 g/mol. The summed E-state index contributed by atoms with van der Waals surface area (Å²) in [6.07, 6.45) is -0.583. The first-order valence-corrected chi connectivity index (χ1v) is 8.77. The SMILES string of the molecule is CCSc1ccc(C(C)NCC(O)c2ccc(C#N)cc2)cc1. The van der Waals surface area contributed by atoms with Crippen LogP contribution in [-0.2, 0) is 0 Å². The number of nitriles is 1. The first-order chi connectivity index (χ1) is 11.1. The third kappa shape index (κ3) is 5.11. The van der Waals surface area contributed by atoms with Crippen LogP contribution in [-0.4, -0.2) is 17.4 Å². The molecule has 3 nitrogen and oxygen atoms in total. The Morgan fingerprint density at radius 1 is 1.09 bits per heavy atom. The van der Waals surface area contributed by atoms with Gasteiger partial charge in [0.2, 0.25) is 0 Å². The molecule has 0 aliphatic carbocycles. The van der Waals surface area contributed by atoms with Gasteiger partial charge in [0.1, 0.15) is 0 Å². The molecule has 120 valence electrons. The van der Waals surface area contributed by atoms with Crippen LogP contribution in [0.5, 0.6) is 0 Å². The van der Waals surface area contributed by atoms with Gasteiger partial charge in [0.25, 0.3) is 0 Å². The molecule has 0 aromatic heterocycles. The van der Waals surface area contributed by atoms with Crippen molar-refractivity contribution in [2.45, 2.75) is 30.9 Å². The summed E-state index contributed by atoms with van der Waals surface area (Å²) in [6, 6.07) is 17.8. The zero-order valence-corrected chi connectivity index (χ0v) is 14.3. The fourth-order valence-corrected chi connectivity index (χ4v) is 2.99. The number of hydrogen-bond donors (Lipinski definition) is 2. The molecule has 4 heteroatoms. The first-order valence-electron chi connectivity index (χ1n) is 7.78. The molecule has 0 heterocycles. The monoisotopic (exact) mass is 326 g/mol. The topological polar surface area (TPSA) is 56.0 Å². The molecular weight excluding hydrogens is 304 g/mol. The van der Waals surface area contributed by atoms with E-state index in [2.05, 4.69) is 49.5 Å². The maximum atomic E-state index is 10.2. The molecule has 2 unspecified atom stereocenters. The zero-order chi connectivity index (χ0) is 16.7. The van der Waals surface area contributed by atoms with Crippen molar-refractivity contribution >= 4 is 11.8 Å². The number of rotatable bonds is 7. The predicted octanol–water partition coefficient (Wildman–Crippen LogP) is 4.05. The van der Waals surface area contributed by atoms with E-state index in [4.69, 9.17) is 5.26 Å². The van der Waals surface area contributed by atoms with E-state index in [0.29, 0.717) is 12.1 Å². The van der Waals surface area contributed by atoms with E-state index in [1.807, 2.05) is 11.8 Å². The van der Waals surface area contributed by atoms with Crippen molar-refractivity contribution in [3.8, 4) is 6.07 Å². The van der Waals surface area contributed by atoms with Gasteiger partial charge in [0.05, 0.1) is 17.7 Å². The number of nitrogens with one attached hydrogen (secondary N) is 1. The van der Waals surface area contributed by atoms with Gasteiger partial charge in [-0.15, -0.1) is 11.8 Å². The van der Waals surface area contributed by atoms with Gasteiger partial charge in [-0.3, -0.25) is 0 Å². The Bertz CT molecular complexity index is 647. The molecule has 2 atom stereocenters. The van der Waals surface area contributed by atoms with Crippen LogP contribution >= 0.6 is 11.8 Å². The van der Waals surface area contributed by atoms with Crippen LogP contribution in [0.15, 0.2) is 53.4 Å². The third-order valence-corrected chi connectivity index (χ3v) is 4.63. The van der Waals surface area contributed by atoms with Crippen LogP contribution in [0.3, 0.4) is 0 Å². The van der Waals surface area contributed by atoms with Crippen molar-refractivity contribution in [3.05, 3.63) is 65.2 Å². The van der Waals surface area contributed by atoms with E-state index in [1.165, 1.54) is 10.5 Å². The Balaban J connectivity index is 1.89. The molecule has 0 saturated carbocycles. The molecule has 2 aromatic carbocycles. The second-order valence-electron chi connectivity index (χ2n) is 5.38. The van der Waals surface area contributed by atoms with Gasteiger partial charge in [0, 0.05) is 17.5 Å². The fraction of sp³-hybridized carbons (Fsp3) is 0.316. The molecular formula is C19H22N2OS. The number of hydrogen-bond acceptors (Lipinski definition) is 4. The van der Waals surface area contributed by atoms with Gasteiger partial charge in [-0.25, -0.2) is 0 Å². The number of thioether (sulfide) groups is 1. The van der Waals surface area contributed by atoms with Crippen molar-refractivity contribution < 1.29 is 5.11 Å². The van der Waals surface area contributed by atoms with Crippen LogP contribution in [0.4, 0.5) is 0 Å². The highest BCUT2D eigenvalue weighted by atomic mass is 32.2. The highest BCUT2D eigenvalue weighted by Crippen LogP contribution is 2.21. The molecule has 0 amide bonds. The Kier molecular flexibility index (Phi) is 6.66. The summed E-state index contributed by atoms with van der Waals surface area (Å²) >= 11 is 1.83. The van der Waals surface area contributed by atoms with Gasteiger partial charge in [-0.1, -0.05) is 31.2 Å². The first kappa shape index (κ1) is 17.6. The van der Waals surface area contributed by atoms with Crippen LogP contribution in [0, 0.1) is 11.3 Å². The molecule has 0 bridgehead atoms. The summed E-state index contributed by atoms with van der Waals surface area (Å²) in [5.41, 5.74) is 2.63. The fourth-order valence-electron chi connectivity index (χ4n) is 2.32. The smallest absolute Gasteiger partial charge is 0.0991 e. The van der Waals surface area contributed by atoms with E-state index in [9.17, 15) is 5.11 Å². The van der Waals surface area contributed by atoms with E-state index in [0.717, 1.165) is 11.3 Å². The molecule has 0 saturated heterocycles. The molecule has 23 heavy (non-hydrogen) atoms. The lowest BCUT2D eigenvalue weighted by molar-refractivity contribution is 0.171. The molecule has 2 rings (SSSR count). The highest BCUT2D eigenvalue weighted by molar-refractivity contribution is 7.99. The van der Waals surface area contributed by atoms with Crippen molar-refractivity contribution in [2.24, 2.45) is 0 Å². The maximum absolute atomic E-state index is 10.2. The van der Waals surface area contributed by atoms with E-state index < -0.39 is 6.10 Å². The zero-order valence-electron chi connectivity index (χ0n) is 13.5. The number of nitrogens with zero attached hydrogens (tertiary/aromatic N) is 1. The van der Waals surface area contributed by atoms with Gasteiger partial charge >= 0.3 is 0 Å². The third-order valence-electron chi connectivity index (χ3n) is 3.73. The molecule has 0 radical (unpaired) electrons. The van der Waals surface area contributed by atoms with E-state index >= 15 is 0 Å². The van der Waals surface area contributed by atoms with Crippen molar-refractivity contribution in [3.63, 3.8) is 0 Å². The van der Waals surface area contributed by atoms with E-state index in [1.54, 1.807) is 24.3 Å². The van der Waals surface area contributed by atoms with Gasteiger partial charge < -0.3 is 10.4 Å². The Labute approximate surface area is 142 Å². The normalized spacial score (nSPS) is 13.3. The minimum Gasteiger partial charge on any atom is -0.387 e. The summed E-state index contributed by atoms with van der Waals surface area (Å²) in [5.74, 6) is 1.07. The van der Waals surface area contributed by atoms with Crippen molar-refractivity contribution in [1.82, 2.24) is 5.32 Å². The Morgan fingerprint density at radius 2 is 1.70 bits per heavy atom. The quantitative estimate of drug-likeness (QED) is 0.754. The van der Waals surface area contributed by atoms with Crippen LogP contribution < -0.4 is 5.32 Å². The summed E-state index contributed by atoms with van der Waals surface area (Å²) in [4.78, 5) is 1.28. The average Bonchev–Trinajstić information content (AvgIpc) is 2.60. The van der Waals surface area contributed by atoms with Crippen LogP contribution in [0.1, 0.15) is 42.7 Å². The lowest BCUT2D eigenvalue weighted by Crippen LogP contribution is -2.24. The lowest BCUT2D eigenvalue weighted by atomic mass is 10.1. The lowest BCUT2D eigenvalue weighted by Gasteiger charge is -2.18. The molecule has 0 spiro atoms. The van der Waals surface area contributed by atoms with Gasteiger partial charge in [-0.05, 0) is 48.1 Å². The minimum absolute atomic E-state index is 0.170. The summed E-state index contributed by atoms with van der Waals surface area (Å²) in [6.45, 7) is 4.71. The molecule has 0 aliphatic heterocycles. The summed E-state index contributed by atoms with van der Waals surface area (Å²) in [5, 5.41) is 22.4. The number of benzene rings is 2. The standard InChI is InChI=1S/C19H22N2OS/c1-3-23-18-10-8-16(9-11-18)14(2)21-13-19(22)17-6-4-15(12-20)5-7-17/h4-11,14,19,21-22H,3,13H2,1-2H3. The largest absolute Gasteiger partial charge is 0.387 e. The van der Waals surface area contributed by atoms with Gasteiger partial charge in [-0.2, -0.15) is 5.26 Å². The second-order valence-corrected chi connectivity index (χ2v) is 6.72. The predicted molar refractivity (Wildman–Crippen MR) is 95.4 cm³/mol. The molecule has 0 aliphatic rings. The number of aliphatic hydroxyl groups is 1. The van der Waals surface area contributed by atoms with Crippen LogP contribution in [0.25, 0.3) is 0 Å². The van der Waals surface area contributed by atoms with Crippen molar-refractivity contribution in [1.29, 1.82) is 5.26 Å². The Morgan fingerprint density at radius 3 is 2.26 bits per heavy atom. The highest BCUT2D eigenvalue weighted by Gasteiger charge is 2.11. The minimum atomic E-state index is -0.583. The van der Waals surface area contributed by atoms with Crippen LogP contribution in [0.2, 0.25) is 0 Å². The second kappa shape index (κ2) is 8.73. The number of aliphatic hydroxyl groups excluding tert-OH is 1. The molecule has 2 N–H and O–H groups in total. The summed E-state index contributed by atoms with van der Waals surface area (Å²) < 4.78 is 0. The van der Waals surface area contributed by atoms with Gasteiger partial charge in [0.15, 0.2) is 0 Å². The van der Waals surface area contributed by atoms with Crippen molar-refractivity contribution in [2.75, 3.05) is 12.3 Å². The molecule has 0 fully saturated rings. The summed E-state index contributed by atoms with van der Waals surface area (Å²) in [7, 11) is 0. The molecule has 2 aromatic rings. The maximum Gasteiger partial charge on any atom is 0.0991 e. The van der Waals surface area contributed by atoms with E-state index in [-0.39, 0.29) is 6.04 Å². The Hall–Kier alpha value is -1.80.